The van der Waals surface area contributed by atoms with Crippen molar-refractivity contribution >= 4 is 12.6 Å². The second-order valence-corrected chi connectivity index (χ2v) is 5.35. The first-order valence-electron chi connectivity index (χ1n) is 6.92. The van der Waals surface area contributed by atoms with Gasteiger partial charge in [-0.3, -0.25) is 0 Å². The van der Waals surface area contributed by atoms with E-state index in [1.165, 1.54) is 19.3 Å². The van der Waals surface area contributed by atoms with E-state index in [0.717, 1.165) is 19.0 Å². The SMILES string of the molecule is CN(CCOc1cccc(B(O)O)c1)CC1CCC1. The standard InChI is InChI=1S/C14H22BNO3/c1-16(11-12-4-2-5-12)8-9-19-14-7-3-6-13(10-14)15(17)18/h3,6-7,10,12,17-18H,2,4-5,8-9,11H2,1H3. The van der Waals surface area contributed by atoms with Crippen LogP contribution in [0, 0.1) is 5.92 Å². The van der Waals surface area contributed by atoms with Crippen molar-refractivity contribution in [3.05, 3.63) is 24.3 Å². The molecule has 0 spiro atoms. The van der Waals surface area contributed by atoms with E-state index in [0.29, 0.717) is 17.8 Å². The molecule has 2 N–H and O–H groups in total. The molecule has 104 valence electrons. The average Bonchev–Trinajstić information content (AvgIpc) is 2.34. The second-order valence-electron chi connectivity index (χ2n) is 5.35. The summed E-state index contributed by atoms with van der Waals surface area (Å²) in [5.41, 5.74) is 0.459. The number of benzene rings is 1. The molecule has 0 bridgehead atoms. The molecule has 0 saturated heterocycles. The van der Waals surface area contributed by atoms with Crippen LogP contribution in [0.25, 0.3) is 0 Å². The van der Waals surface area contributed by atoms with Gasteiger partial charge in [0.15, 0.2) is 0 Å². The van der Waals surface area contributed by atoms with Gasteiger partial charge in [-0.1, -0.05) is 18.6 Å². The normalized spacial score (nSPS) is 15.4. The van der Waals surface area contributed by atoms with Crippen molar-refractivity contribution in [1.82, 2.24) is 4.90 Å². The highest BCUT2D eigenvalue weighted by Crippen LogP contribution is 2.26. The first kappa shape index (κ1) is 14.4. The largest absolute Gasteiger partial charge is 0.492 e. The summed E-state index contributed by atoms with van der Waals surface area (Å²) in [6.45, 7) is 2.66. The summed E-state index contributed by atoms with van der Waals surface area (Å²) in [4.78, 5) is 2.30. The molecule has 0 amide bonds. The third-order valence-electron chi connectivity index (χ3n) is 3.69. The van der Waals surface area contributed by atoms with E-state index in [4.69, 9.17) is 14.8 Å². The lowest BCUT2D eigenvalue weighted by Crippen LogP contribution is -2.32. The number of hydrogen-bond acceptors (Lipinski definition) is 4. The van der Waals surface area contributed by atoms with Crippen molar-refractivity contribution in [2.45, 2.75) is 19.3 Å². The maximum absolute atomic E-state index is 9.09. The molecule has 1 aliphatic rings. The van der Waals surface area contributed by atoms with Gasteiger partial charge in [0.05, 0.1) is 0 Å². The van der Waals surface area contributed by atoms with Crippen molar-refractivity contribution in [1.29, 1.82) is 0 Å². The number of hydrogen-bond donors (Lipinski definition) is 2. The number of ether oxygens (including phenoxy) is 1. The maximum atomic E-state index is 9.09. The monoisotopic (exact) mass is 263 g/mol. The summed E-state index contributed by atoms with van der Waals surface area (Å²) in [6.07, 6.45) is 4.11. The Morgan fingerprint density at radius 3 is 2.79 bits per heavy atom. The molecule has 0 aliphatic heterocycles. The van der Waals surface area contributed by atoms with Crippen molar-refractivity contribution in [3.63, 3.8) is 0 Å². The second kappa shape index (κ2) is 6.94. The van der Waals surface area contributed by atoms with Crippen molar-refractivity contribution in [2.24, 2.45) is 5.92 Å². The summed E-state index contributed by atoms with van der Waals surface area (Å²) in [5.74, 6) is 1.56. The minimum atomic E-state index is -1.44. The molecular weight excluding hydrogens is 241 g/mol. The van der Waals surface area contributed by atoms with Gasteiger partial charge < -0.3 is 19.7 Å². The summed E-state index contributed by atoms with van der Waals surface area (Å²) in [5, 5.41) is 18.2. The molecule has 1 saturated carbocycles. The van der Waals surface area contributed by atoms with E-state index in [1.54, 1.807) is 18.2 Å². The Morgan fingerprint density at radius 1 is 1.37 bits per heavy atom. The van der Waals surface area contributed by atoms with Crippen molar-refractivity contribution in [2.75, 3.05) is 26.7 Å². The molecule has 0 radical (unpaired) electrons. The lowest BCUT2D eigenvalue weighted by molar-refractivity contribution is 0.177. The molecule has 0 unspecified atom stereocenters. The van der Waals surface area contributed by atoms with E-state index >= 15 is 0 Å². The van der Waals surface area contributed by atoms with Crippen LogP contribution in [-0.2, 0) is 0 Å². The highest BCUT2D eigenvalue weighted by atomic mass is 16.5. The number of nitrogens with zero attached hydrogens (tertiary/aromatic N) is 1. The van der Waals surface area contributed by atoms with Gasteiger partial charge in [-0.2, -0.15) is 0 Å². The lowest BCUT2D eigenvalue weighted by Gasteiger charge is -2.30. The molecule has 1 aromatic rings. The number of rotatable bonds is 7. The Bertz CT molecular complexity index is 396. The summed E-state index contributed by atoms with van der Waals surface area (Å²) >= 11 is 0. The highest BCUT2D eigenvalue weighted by Gasteiger charge is 2.18. The molecule has 5 heteroatoms. The molecule has 0 aromatic heterocycles. The predicted molar refractivity (Wildman–Crippen MR) is 76.6 cm³/mol. The third kappa shape index (κ3) is 4.53. The van der Waals surface area contributed by atoms with Crippen LogP contribution in [0.5, 0.6) is 5.75 Å². The summed E-state index contributed by atoms with van der Waals surface area (Å²) in [7, 11) is 0.681. The van der Waals surface area contributed by atoms with Crippen LogP contribution in [0.2, 0.25) is 0 Å². The minimum Gasteiger partial charge on any atom is -0.492 e. The van der Waals surface area contributed by atoms with Crippen molar-refractivity contribution in [3.8, 4) is 5.75 Å². The van der Waals surface area contributed by atoms with Crippen LogP contribution in [0.3, 0.4) is 0 Å². The van der Waals surface area contributed by atoms with Gasteiger partial charge in [-0.25, -0.2) is 0 Å². The molecule has 0 atom stereocenters. The van der Waals surface area contributed by atoms with Gasteiger partial charge >= 0.3 is 7.12 Å². The van der Waals surface area contributed by atoms with Gasteiger partial charge in [0.2, 0.25) is 0 Å². The zero-order valence-corrected chi connectivity index (χ0v) is 11.5. The van der Waals surface area contributed by atoms with Gasteiger partial charge in [0, 0.05) is 13.1 Å². The van der Waals surface area contributed by atoms with E-state index in [1.807, 2.05) is 6.07 Å². The topological polar surface area (TPSA) is 52.9 Å². The Kier molecular flexibility index (Phi) is 5.25. The Labute approximate surface area is 115 Å². The average molecular weight is 263 g/mol. The fourth-order valence-corrected chi connectivity index (χ4v) is 2.29. The van der Waals surface area contributed by atoms with Gasteiger partial charge in [0.1, 0.15) is 12.4 Å². The van der Waals surface area contributed by atoms with E-state index in [-0.39, 0.29) is 0 Å². The van der Waals surface area contributed by atoms with Gasteiger partial charge in [-0.05, 0) is 43.4 Å². The van der Waals surface area contributed by atoms with Crippen LogP contribution >= 0.6 is 0 Å². The van der Waals surface area contributed by atoms with Crippen LogP contribution in [-0.4, -0.2) is 48.8 Å². The molecule has 19 heavy (non-hydrogen) atoms. The lowest BCUT2D eigenvalue weighted by atomic mass is 9.80. The highest BCUT2D eigenvalue weighted by molar-refractivity contribution is 6.58. The minimum absolute atomic E-state index is 0.459. The molecule has 1 aliphatic carbocycles. The maximum Gasteiger partial charge on any atom is 0.488 e. The van der Waals surface area contributed by atoms with E-state index in [9.17, 15) is 0 Å². The van der Waals surface area contributed by atoms with Crippen LogP contribution < -0.4 is 10.2 Å². The molecular formula is C14H22BNO3. The van der Waals surface area contributed by atoms with E-state index in [2.05, 4.69) is 11.9 Å². The Hall–Kier alpha value is -1.04. The Morgan fingerprint density at radius 2 is 2.16 bits per heavy atom. The van der Waals surface area contributed by atoms with Crippen LogP contribution in [0.4, 0.5) is 0 Å². The molecule has 1 aromatic carbocycles. The number of likely N-dealkylation sites (N-methyl/N-ethyl adjacent to an activating group) is 1. The van der Waals surface area contributed by atoms with Gasteiger partial charge in [0.25, 0.3) is 0 Å². The quantitative estimate of drug-likeness (QED) is 0.702. The zero-order chi connectivity index (χ0) is 13.7. The summed E-state index contributed by atoms with van der Waals surface area (Å²) in [6, 6.07) is 6.93. The fourth-order valence-electron chi connectivity index (χ4n) is 2.29. The van der Waals surface area contributed by atoms with Crippen LogP contribution in [0.15, 0.2) is 24.3 Å². The van der Waals surface area contributed by atoms with Crippen LogP contribution in [0.1, 0.15) is 19.3 Å². The third-order valence-corrected chi connectivity index (χ3v) is 3.69. The predicted octanol–water partition coefficient (Wildman–Crippen LogP) is 0.477. The Balaban J connectivity index is 1.70. The molecule has 1 fully saturated rings. The smallest absolute Gasteiger partial charge is 0.488 e. The molecule has 0 heterocycles. The first-order chi connectivity index (χ1) is 9.15. The molecule has 4 nitrogen and oxygen atoms in total. The zero-order valence-electron chi connectivity index (χ0n) is 11.5. The molecule has 2 rings (SSSR count). The summed E-state index contributed by atoms with van der Waals surface area (Å²) < 4.78 is 5.64. The first-order valence-corrected chi connectivity index (χ1v) is 6.92. The van der Waals surface area contributed by atoms with Crippen molar-refractivity contribution < 1.29 is 14.8 Å². The van der Waals surface area contributed by atoms with Gasteiger partial charge in [-0.15, -0.1) is 0 Å². The fraction of sp³-hybridized carbons (Fsp3) is 0.571. The van der Waals surface area contributed by atoms with E-state index < -0.39 is 7.12 Å².